The monoisotopic (exact) mass is 251 g/mol. The van der Waals surface area contributed by atoms with Crippen molar-refractivity contribution in [2.45, 2.75) is 20.8 Å². The standard InChI is InChI=1S/C12H14FN3S/c1-4-14-12-16-15-11(17-12)10-8(3)5-7(2)6-9(10)13/h5-6H,4H2,1-3H3,(H,14,16). The molecule has 0 aliphatic heterocycles. The Bertz CT molecular complexity index is 513. The second-order valence-electron chi connectivity index (χ2n) is 3.88. The lowest BCUT2D eigenvalue weighted by molar-refractivity contribution is 0.628. The van der Waals surface area contributed by atoms with Gasteiger partial charge in [-0.1, -0.05) is 17.4 Å². The molecule has 17 heavy (non-hydrogen) atoms. The van der Waals surface area contributed by atoms with Crippen LogP contribution in [0.2, 0.25) is 0 Å². The zero-order chi connectivity index (χ0) is 12.4. The fourth-order valence-corrected chi connectivity index (χ4v) is 2.66. The number of nitrogens with zero attached hydrogens (tertiary/aromatic N) is 2. The highest BCUT2D eigenvalue weighted by Crippen LogP contribution is 2.31. The fraction of sp³-hybridized carbons (Fsp3) is 0.333. The minimum atomic E-state index is -0.235. The van der Waals surface area contributed by atoms with Crippen LogP contribution in [-0.4, -0.2) is 16.7 Å². The quantitative estimate of drug-likeness (QED) is 0.908. The summed E-state index contributed by atoms with van der Waals surface area (Å²) in [6, 6.07) is 3.48. The minimum absolute atomic E-state index is 0.235. The number of hydrogen-bond donors (Lipinski definition) is 1. The van der Waals surface area contributed by atoms with Crippen molar-refractivity contribution in [3.05, 3.63) is 29.1 Å². The van der Waals surface area contributed by atoms with Gasteiger partial charge in [-0.2, -0.15) is 0 Å². The van der Waals surface area contributed by atoms with Crippen LogP contribution >= 0.6 is 11.3 Å². The summed E-state index contributed by atoms with van der Waals surface area (Å²) in [4.78, 5) is 0. The highest BCUT2D eigenvalue weighted by molar-refractivity contribution is 7.18. The molecule has 1 aromatic heterocycles. The molecule has 0 aliphatic rings. The van der Waals surface area contributed by atoms with Gasteiger partial charge < -0.3 is 5.32 Å². The summed E-state index contributed by atoms with van der Waals surface area (Å²) in [5.41, 5.74) is 2.36. The molecule has 0 unspecified atom stereocenters. The van der Waals surface area contributed by atoms with E-state index in [4.69, 9.17) is 0 Å². The number of aromatic nitrogens is 2. The van der Waals surface area contributed by atoms with Gasteiger partial charge >= 0.3 is 0 Å². The van der Waals surface area contributed by atoms with E-state index in [1.54, 1.807) is 0 Å². The van der Waals surface area contributed by atoms with Crippen LogP contribution in [0.15, 0.2) is 12.1 Å². The molecule has 0 radical (unpaired) electrons. The second kappa shape index (κ2) is 4.79. The van der Waals surface area contributed by atoms with Gasteiger partial charge in [0.15, 0.2) is 5.01 Å². The van der Waals surface area contributed by atoms with Crippen LogP contribution < -0.4 is 5.32 Å². The van der Waals surface area contributed by atoms with E-state index in [-0.39, 0.29) is 5.82 Å². The summed E-state index contributed by atoms with van der Waals surface area (Å²) in [5.74, 6) is -0.235. The van der Waals surface area contributed by atoms with Crippen LogP contribution in [0.4, 0.5) is 9.52 Å². The molecule has 1 heterocycles. The maximum absolute atomic E-state index is 13.9. The largest absolute Gasteiger partial charge is 0.360 e. The summed E-state index contributed by atoms with van der Waals surface area (Å²) >= 11 is 1.37. The Morgan fingerprint density at radius 3 is 2.71 bits per heavy atom. The molecule has 0 saturated heterocycles. The molecular formula is C12H14FN3S. The zero-order valence-corrected chi connectivity index (χ0v) is 10.9. The van der Waals surface area contributed by atoms with E-state index in [1.165, 1.54) is 17.4 Å². The van der Waals surface area contributed by atoms with Gasteiger partial charge in [-0.25, -0.2) is 4.39 Å². The first-order valence-corrected chi connectivity index (χ1v) is 6.28. The molecule has 0 saturated carbocycles. The summed E-state index contributed by atoms with van der Waals surface area (Å²) in [5, 5.41) is 12.4. The lowest BCUT2D eigenvalue weighted by atomic mass is 10.1. The van der Waals surface area contributed by atoms with Gasteiger partial charge in [0.05, 0.1) is 5.56 Å². The van der Waals surface area contributed by atoms with E-state index in [1.807, 2.05) is 26.8 Å². The molecule has 5 heteroatoms. The van der Waals surface area contributed by atoms with Crippen molar-refractivity contribution in [2.75, 3.05) is 11.9 Å². The minimum Gasteiger partial charge on any atom is -0.360 e. The molecule has 1 N–H and O–H groups in total. The zero-order valence-electron chi connectivity index (χ0n) is 10.0. The second-order valence-corrected chi connectivity index (χ2v) is 4.86. The topological polar surface area (TPSA) is 37.8 Å². The normalized spacial score (nSPS) is 10.6. The van der Waals surface area contributed by atoms with Crippen molar-refractivity contribution < 1.29 is 4.39 Å². The molecule has 1 aromatic carbocycles. The van der Waals surface area contributed by atoms with Gasteiger partial charge in [-0.05, 0) is 38.0 Å². The van der Waals surface area contributed by atoms with E-state index in [9.17, 15) is 4.39 Å². The Labute approximate surface area is 104 Å². The van der Waals surface area contributed by atoms with E-state index in [0.717, 1.165) is 22.8 Å². The lowest BCUT2D eigenvalue weighted by Gasteiger charge is -2.04. The Morgan fingerprint density at radius 2 is 2.06 bits per heavy atom. The first-order valence-electron chi connectivity index (χ1n) is 5.46. The molecule has 90 valence electrons. The molecule has 3 nitrogen and oxygen atoms in total. The van der Waals surface area contributed by atoms with Crippen LogP contribution in [0.25, 0.3) is 10.6 Å². The Kier molecular flexibility index (Phi) is 3.38. The molecule has 2 rings (SSSR count). The third-order valence-corrected chi connectivity index (χ3v) is 3.30. The first-order chi connectivity index (χ1) is 8.11. The first kappa shape index (κ1) is 12.0. The van der Waals surface area contributed by atoms with Crippen LogP contribution in [0.5, 0.6) is 0 Å². The Hall–Kier alpha value is -1.49. The smallest absolute Gasteiger partial charge is 0.205 e. The number of benzene rings is 1. The third-order valence-electron chi connectivity index (χ3n) is 2.40. The molecular weight excluding hydrogens is 237 g/mol. The van der Waals surface area contributed by atoms with Gasteiger partial charge in [0, 0.05) is 6.54 Å². The predicted molar refractivity (Wildman–Crippen MR) is 68.9 cm³/mol. The maximum atomic E-state index is 13.9. The van der Waals surface area contributed by atoms with Crippen molar-refractivity contribution in [3.8, 4) is 10.6 Å². The van der Waals surface area contributed by atoms with E-state index in [2.05, 4.69) is 15.5 Å². The average Bonchev–Trinajstić information content (AvgIpc) is 2.65. The van der Waals surface area contributed by atoms with Gasteiger partial charge in [-0.15, -0.1) is 10.2 Å². The van der Waals surface area contributed by atoms with Gasteiger partial charge in [0.1, 0.15) is 5.82 Å². The molecule has 0 bridgehead atoms. The molecule has 0 atom stereocenters. The third kappa shape index (κ3) is 2.44. The number of aryl methyl sites for hydroxylation is 2. The van der Waals surface area contributed by atoms with Crippen LogP contribution in [0.3, 0.4) is 0 Å². The summed E-state index contributed by atoms with van der Waals surface area (Å²) in [6.07, 6.45) is 0. The summed E-state index contributed by atoms with van der Waals surface area (Å²) in [7, 11) is 0. The van der Waals surface area contributed by atoms with Gasteiger partial charge in [0.25, 0.3) is 0 Å². The SMILES string of the molecule is CCNc1nnc(-c2c(C)cc(C)cc2F)s1. The number of nitrogens with one attached hydrogen (secondary N) is 1. The van der Waals surface area contributed by atoms with E-state index < -0.39 is 0 Å². The average molecular weight is 251 g/mol. The molecule has 0 amide bonds. The highest BCUT2D eigenvalue weighted by atomic mass is 32.1. The van der Waals surface area contributed by atoms with Crippen molar-refractivity contribution in [3.63, 3.8) is 0 Å². The van der Waals surface area contributed by atoms with Crippen LogP contribution in [0, 0.1) is 19.7 Å². The molecule has 0 aliphatic carbocycles. The number of rotatable bonds is 3. The van der Waals surface area contributed by atoms with Crippen molar-refractivity contribution in [2.24, 2.45) is 0 Å². The van der Waals surface area contributed by atoms with Crippen LogP contribution in [0.1, 0.15) is 18.1 Å². The Balaban J connectivity index is 2.45. The van der Waals surface area contributed by atoms with Crippen molar-refractivity contribution >= 4 is 16.5 Å². The number of halogens is 1. The predicted octanol–water partition coefficient (Wildman–Crippen LogP) is 3.39. The van der Waals surface area contributed by atoms with E-state index >= 15 is 0 Å². The fourth-order valence-electron chi connectivity index (χ4n) is 1.73. The lowest BCUT2D eigenvalue weighted by Crippen LogP contribution is -1.94. The maximum Gasteiger partial charge on any atom is 0.205 e. The number of hydrogen-bond acceptors (Lipinski definition) is 4. The number of anilines is 1. The van der Waals surface area contributed by atoms with E-state index in [0.29, 0.717) is 10.6 Å². The highest BCUT2D eigenvalue weighted by Gasteiger charge is 2.14. The molecule has 0 spiro atoms. The summed E-state index contributed by atoms with van der Waals surface area (Å²) in [6.45, 7) is 6.53. The van der Waals surface area contributed by atoms with Gasteiger partial charge in [-0.3, -0.25) is 0 Å². The Morgan fingerprint density at radius 1 is 1.29 bits per heavy atom. The summed E-state index contributed by atoms with van der Waals surface area (Å²) < 4.78 is 13.9. The molecule has 0 fully saturated rings. The van der Waals surface area contributed by atoms with Gasteiger partial charge in [0.2, 0.25) is 5.13 Å². The van der Waals surface area contributed by atoms with Crippen molar-refractivity contribution in [1.29, 1.82) is 0 Å². The van der Waals surface area contributed by atoms with Crippen LogP contribution in [-0.2, 0) is 0 Å². The molecule has 2 aromatic rings. The van der Waals surface area contributed by atoms with Crippen molar-refractivity contribution in [1.82, 2.24) is 10.2 Å².